The molecule has 3 heterocycles. The monoisotopic (exact) mass is 509 g/mol. The number of amides is 1. The number of fused-ring (bicyclic) bond motifs is 1. The Morgan fingerprint density at radius 3 is 2.51 bits per heavy atom. The molecule has 1 fully saturated rings. The molecule has 4 aromatic rings. The molecule has 1 N–H and O–H groups in total. The fourth-order valence-electron chi connectivity index (χ4n) is 4.63. The molecule has 10 heteroatoms. The minimum absolute atomic E-state index is 0.0381. The van der Waals surface area contributed by atoms with Gasteiger partial charge in [-0.2, -0.15) is 13.2 Å². The molecule has 192 valence electrons. The van der Waals surface area contributed by atoms with E-state index in [1.165, 1.54) is 12.1 Å². The van der Waals surface area contributed by atoms with Crippen molar-refractivity contribution in [3.63, 3.8) is 0 Å². The first-order valence-corrected chi connectivity index (χ1v) is 11.8. The Morgan fingerprint density at radius 1 is 1.08 bits per heavy atom. The molecule has 37 heavy (non-hydrogen) atoms. The molecule has 0 aliphatic carbocycles. The Balaban J connectivity index is 1.31. The lowest BCUT2D eigenvalue weighted by Crippen LogP contribution is -2.45. The summed E-state index contributed by atoms with van der Waals surface area (Å²) < 4.78 is 46.6. The highest BCUT2D eigenvalue weighted by Crippen LogP contribution is 2.33. The molecule has 1 saturated heterocycles. The molecule has 1 aliphatic rings. The van der Waals surface area contributed by atoms with Crippen LogP contribution in [0.1, 0.15) is 17.3 Å². The number of carbonyl (C=O) groups is 1. The van der Waals surface area contributed by atoms with Crippen molar-refractivity contribution in [2.45, 2.75) is 12.2 Å². The zero-order chi connectivity index (χ0) is 26.2. The van der Waals surface area contributed by atoms with E-state index in [1.54, 1.807) is 30.3 Å². The fraction of sp³-hybridized carbons (Fsp3) is 0.259. The summed E-state index contributed by atoms with van der Waals surface area (Å²) in [6, 6.07) is 16.3. The summed E-state index contributed by atoms with van der Waals surface area (Å²) >= 11 is 0. The van der Waals surface area contributed by atoms with Gasteiger partial charge in [-0.25, -0.2) is 4.98 Å². The van der Waals surface area contributed by atoms with E-state index in [4.69, 9.17) is 4.74 Å². The second-order valence-electron chi connectivity index (χ2n) is 8.97. The Bertz CT molecular complexity index is 1400. The van der Waals surface area contributed by atoms with Gasteiger partial charge in [-0.3, -0.25) is 4.79 Å². The fourth-order valence-corrected chi connectivity index (χ4v) is 4.63. The Morgan fingerprint density at radius 2 is 1.84 bits per heavy atom. The topological polar surface area (TPSA) is 62.6 Å². The number of anilines is 2. The summed E-state index contributed by atoms with van der Waals surface area (Å²) in [4.78, 5) is 19.5. The maximum absolute atomic E-state index is 12.8. The van der Waals surface area contributed by atoms with E-state index < -0.39 is 11.7 Å². The van der Waals surface area contributed by atoms with Gasteiger partial charge in [-0.15, -0.1) is 0 Å². The maximum atomic E-state index is 12.8. The standard InChI is InChI=1S/C27H26F3N5O2/c1-33(20-5-3-19(4-6-20)27(28,29)30)21-7-10-26(32-15-21)37-22-8-9-23-18(13-22)14-24(34(23)2)25-16-31-11-12-35(25)17-36/h3-10,13-15,17,25,31H,11-12,16H2,1-2H3. The SMILES string of the molecule is CN(c1ccc(C(F)(F)F)cc1)c1ccc(Oc2ccc3c(c2)cc(C2CNCCN2C=O)n3C)nc1. The molecule has 1 unspecified atom stereocenters. The molecule has 0 spiro atoms. The molecular formula is C27H26F3N5O2. The molecule has 5 rings (SSSR count). The predicted octanol–water partition coefficient (Wildman–Crippen LogP) is 5.26. The van der Waals surface area contributed by atoms with E-state index >= 15 is 0 Å². The van der Waals surface area contributed by atoms with Crippen LogP contribution in [0.2, 0.25) is 0 Å². The summed E-state index contributed by atoms with van der Waals surface area (Å²) in [7, 11) is 3.75. The van der Waals surface area contributed by atoms with Crippen LogP contribution in [0.15, 0.2) is 66.9 Å². The van der Waals surface area contributed by atoms with E-state index in [0.717, 1.165) is 41.7 Å². The summed E-state index contributed by atoms with van der Waals surface area (Å²) in [6.45, 7) is 2.15. The van der Waals surface area contributed by atoms with E-state index in [9.17, 15) is 18.0 Å². The smallest absolute Gasteiger partial charge is 0.416 e. The molecule has 2 aromatic heterocycles. The number of ether oxygens (including phenoxy) is 1. The largest absolute Gasteiger partial charge is 0.439 e. The average Bonchev–Trinajstić information content (AvgIpc) is 3.23. The number of nitrogens with zero attached hydrogens (tertiary/aromatic N) is 4. The third kappa shape index (κ3) is 4.97. The number of rotatable bonds is 6. The number of alkyl halides is 3. The molecule has 0 saturated carbocycles. The van der Waals surface area contributed by atoms with Crippen molar-refractivity contribution in [2.24, 2.45) is 7.05 Å². The van der Waals surface area contributed by atoms with Crippen LogP contribution in [0.5, 0.6) is 11.6 Å². The van der Waals surface area contributed by atoms with Crippen molar-refractivity contribution in [3.05, 3.63) is 78.1 Å². The number of aryl methyl sites for hydroxylation is 1. The van der Waals surface area contributed by atoms with Gasteiger partial charge in [0, 0.05) is 62.1 Å². The lowest BCUT2D eigenvalue weighted by atomic mass is 10.1. The number of halogens is 3. The quantitative estimate of drug-likeness (QED) is 0.360. The predicted molar refractivity (Wildman–Crippen MR) is 135 cm³/mol. The molecule has 1 atom stereocenters. The van der Waals surface area contributed by atoms with Crippen molar-refractivity contribution in [1.82, 2.24) is 19.8 Å². The van der Waals surface area contributed by atoms with Crippen molar-refractivity contribution in [3.8, 4) is 11.6 Å². The van der Waals surface area contributed by atoms with Crippen LogP contribution in [0.25, 0.3) is 10.9 Å². The van der Waals surface area contributed by atoms with Crippen LogP contribution in [0, 0.1) is 0 Å². The van der Waals surface area contributed by atoms with E-state index in [2.05, 4.69) is 20.9 Å². The lowest BCUT2D eigenvalue weighted by molar-refractivity contribution is -0.137. The van der Waals surface area contributed by atoms with Crippen LogP contribution in [-0.4, -0.2) is 47.5 Å². The number of piperazine rings is 1. The number of pyridine rings is 1. The second kappa shape index (κ2) is 9.78. The van der Waals surface area contributed by atoms with Gasteiger partial charge in [0.1, 0.15) is 5.75 Å². The van der Waals surface area contributed by atoms with Gasteiger partial charge in [0.05, 0.1) is 23.5 Å². The van der Waals surface area contributed by atoms with Gasteiger partial charge >= 0.3 is 6.18 Å². The van der Waals surface area contributed by atoms with Crippen LogP contribution >= 0.6 is 0 Å². The highest BCUT2D eigenvalue weighted by molar-refractivity contribution is 5.83. The van der Waals surface area contributed by atoms with Crippen molar-refractivity contribution in [2.75, 3.05) is 31.6 Å². The first kappa shape index (κ1) is 24.6. The highest BCUT2D eigenvalue weighted by Gasteiger charge is 2.30. The van der Waals surface area contributed by atoms with Crippen LogP contribution < -0.4 is 15.0 Å². The zero-order valence-electron chi connectivity index (χ0n) is 20.4. The number of benzene rings is 2. The Kier molecular flexibility index (Phi) is 6.51. The van der Waals surface area contributed by atoms with Gasteiger partial charge in [0.2, 0.25) is 12.3 Å². The van der Waals surface area contributed by atoms with Crippen LogP contribution in [0.3, 0.4) is 0 Å². The third-order valence-corrected chi connectivity index (χ3v) is 6.73. The van der Waals surface area contributed by atoms with Gasteiger partial charge in [-0.1, -0.05) is 0 Å². The molecule has 0 radical (unpaired) electrons. The second-order valence-corrected chi connectivity index (χ2v) is 8.97. The Hall–Kier alpha value is -4.05. The number of hydrogen-bond donors (Lipinski definition) is 1. The minimum Gasteiger partial charge on any atom is -0.439 e. The minimum atomic E-state index is -4.37. The van der Waals surface area contributed by atoms with Gasteiger partial charge in [0.15, 0.2) is 0 Å². The third-order valence-electron chi connectivity index (χ3n) is 6.73. The van der Waals surface area contributed by atoms with E-state index in [-0.39, 0.29) is 6.04 Å². The van der Waals surface area contributed by atoms with Gasteiger partial charge in [-0.05, 0) is 54.6 Å². The zero-order valence-corrected chi connectivity index (χ0v) is 20.4. The van der Waals surface area contributed by atoms with Gasteiger partial charge < -0.3 is 24.4 Å². The lowest BCUT2D eigenvalue weighted by Gasteiger charge is -2.33. The molecule has 0 bridgehead atoms. The molecule has 7 nitrogen and oxygen atoms in total. The number of hydrogen-bond acceptors (Lipinski definition) is 5. The maximum Gasteiger partial charge on any atom is 0.416 e. The van der Waals surface area contributed by atoms with E-state index in [0.29, 0.717) is 36.1 Å². The molecule has 1 amide bonds. The first-order valence-electron chi connectivity index (χ1n) is 11.8. The summed E-state index contributed by atoms with van der Waals surface area (Å²) in [6.07, 6.45) is -1.86. The van der Waals surface area contributed by atoms with Crippen molar-refractivity contribution < 1.29 is 22.7 Å². The van der Waals surface area contributed by atoms with Crippen molar-refractivity contribution >= 4 is 28.7 Å². The summed E-state index contributed by atoms with van der Waals surface area (Å²) in [5.74, 6) is 1.01. The number of aromatic nitrogens is 2. The van der Waals surface area contributed by atoms with Gasteiger partial charge in [0.25, 0.3) is 0 Å². The Labute approximate surface area is 212 Å². The van der Waals surface area contributed by atoms with E-state index in [1.807, 2.05) is 30.1 Å². The highest BCUT2D eigenvalue weighted by atomic mass is 19.4. The molecule has 1 aliphatic heterocycles. The summed E-state index contributed by atoms with van der Waals surface area (Å²) in [5.41, 5.74) is 2.69. The average molecular weight is 510 g/mol. The van der Waals surface area contributed by atoms with Crippen LogP contribution in [0.4, 0.5) is 24.5 Å². The number of carbonyl (C=O) groups excluding carboxylic acids is 1. The van der Waals surface area contributed by atoms with Crippen LogP contribution in [-0.2, 0) is 18.0 Å². The van der Waals surface area contributed by atoms with Crippen molar-refractivity contribution in [1.29, 1.82) is 0 Å². The normalized spacial score (nSPS) is 16.1. The molecule has 2 aromatic carbocycles. The number of nitrogens with one attached hydrogen (secondary N) is 1. The molecular weight excluding hydrogens is 483 g/mol. The summed E-state index contributed by atoms with van der Waals surface area (Å²) in [5, 5.41) is 4.34. The first-order chi connectivity index (χ1) is 17.7.